The monoisotopic (exact) mass is 754 g/mol. The van der Waals surface area contributed by atoms with Crippen LogP contribution in [-0.2, 0) is 10.8 Å². The predicted molar refractivity (Wildman–Crippen MR) is 252 cm³/mol. The molecule has 58 heavy (non-hydrogen) atoms. The second-order valence-electron chi connectivity index (χ2n) is 13.5. The molecule has 0 N–H and O–H groups in total. The van der Waals surface area contributed by atoms with Crippen molar-refractivity contribution in [1.82, 2.24) is 0 Å². The van der Waals surface area contributed by atoms with Gasteiger partial charge in [0.05, 0.1) is 10.8 Å². The Hall–Kier alpha value is -6.24. The second-order valence-corrected chi connectivity index (χ2v) is 13.5. The van der Waals surface area contributed by atoms with Crippen molar-refractivity contribution in [2.24, 2.45) is 0 Å². The van der Waals surface area contributed by atoms with Crippen molar-refractivity contribution in [2.75, 3.05) is 0 Å². The molecule has 0 saturated heterocycles. The largest absolute Gasteiger partial charge is 0.0725 e. The Morgan fingerprint density at radius 3 is 0.586 bits per heavy atom. The van der Waals surface area contributed by atoms with Gasteiger partial charge >= 0.3 is 0 Å². The molecule has 0 aliphatic heterocycles. The predicted octanol–water partition coefficient (Wildman–Crippen LogP) is 16.2. The average Bonchev–Trinajstić information content (AvgIpc) is 3.93. The number of fused-ring (bicyclic) bond motifs is 13. The van der Waals surface area contributed by atoms with Gasteiger partial charge in [0.25, 0.3) is 0 Å². The summed E-state index contributed by atoms with van der Waals surface area (Å²) in [5.74, 6) is 0. The van der Waals surface area contributed by atoms with Gasteiger partial charge in [0.15, 0.2) is 0 Å². The molecule has 8 aromatic carbocycles. The van der Waals surface area contributed by atoms with E-state index in [0.717, 1.165) is 0 Å². The molecular formula is C58H58. The summed E-state index contributed by atoms with van der Waals surface area (Å²) in [7, 11) is 0. The van der Waals surface area contributed by atoms with Crippen LogP contribution >= 0.6 is 0 Å². The molecule has 0 bridgehead atoms. The van der Waals surface area contributed by atoms with Gasteiger partial charge < -0.3 is 0 Å². The zero-order valence-electron chi connectivity index (χ0n) is 35.6. The Bertz CT molecular complexity index is 2140. The van der Waals surface area contributed by atoms with Gasteiger partial charge in [-0.15, -0.1) is 0 Å². The van der Waals surface area contributed by atoms with Gasteiger partial charge in [-0.3, -0.25) is 0 Å². The van der Waals surface area contributed by atoms with Crippen LogP contribution in [0, 0.1) is 0 Å². The maximum Gasteiger partial charge on any atom is 0.0725 e. The highest BCUT2D eigenvalue weighted by Gasteiger charge is 2.51. The van der Waals surface area contributed by atoms with E-state index in [4.69, 9.17) is 0 Å². The molecule has 0 atom stereocenters. The molecule has 0 fully saturated rings. The molecule has 0 saturated carbocycles. The molecular weight excluding hydrogens is 697 g/mol. The Kier molecular flexibility index (Phi) is 13.4. The van der Waals surface area contributed by atoms with Crippen molar-refractivity contribution in [3.63, 3.8) is 0 Å². The van der Waals surface area contributed by atoms with E-state index in [2.05, 4.69) is 206 Å². The summed E-state index contributed by atoms with van der Waals surface area (Å²) in [6, 6.07) is 75.1. The molecule has 8 aromatic rings. The van der Waals surface area contributed by atoms with Gasteiger partial charge in [-0.2, -0.15) is 0 Å². The number of benzene rings is 8. The minimum Gasteiger partial charge on any atom is -0.0683 e. The molecule has 0 radical (unpaired) electrons. The highest BCUT2D eigenvalue weighted by Crippen LogP contribution is 2.62. The van der Waals surface area contributed by atoms with Crippen LogP contribution in [-0.4, -0.2) is 0 Å². The Morgan fingerprint density at radius 2 is 0.362 bits per heavy atom. The highest BCUT2D eigenvalue weighted by atomic mass is 14.5. The van der Waals surface area contributed by atoms with Crippen LogP contribution in [0.15, 0.2) is 206 Å². The maximum atomic E-state index is 2.31. The van der Waals surface area contributed by atoms with E-state index >= 15 is 0 Å². The number of hydrogen-bond acceptors (Lipinski definition) is 0. The van der Waals surface area contributed by atoms with Crippen molar-refractivity contribution in [3.05, 3.63) is 251 Å². The molecule has 1 spiro atoms. The van der Waals surface area contributed by atoms with Crippen LogP contribution in [0.1, 0.15) is 99.9 Å². The standard InChI is InChI=1S/C25H16.C25H18.4C2H6/c1-5-13-21-17(9-1)18-10-2-6-14-22(18)25(21)23-15-7-3-11-19(23)20-12-4-8-16-24(20)25;1-3-11-19(12-4-1)25(20-13-5-2-6-14-20)23-17-9-7-15-21(23)22-16-8-10-18-24(22)25;4*1-2/h1-16H;1-18H;4*1-2H3. The van der Waals surface area contributed by atoms with E-state index in [1.54, 1.807) is 0 Å². The third kappa shape index (κ3) is 6.42. The van der Waals surface area contributed by atoms with E-state index < -0.39 is 0 Å². The zero-order valence-corrected chi connectivity index (χ0v) is 35.6. The first-order valence-corrected chi connectivity index (χ1v) is 21.5. The summed E-state index contributed by atoms with van der Waals surface area (Å²) in [6.45, 7) is 16.0. The van der Waals surface area contributed by atoms with Crippen molar-refractivity contribution in [2.45, 2.75) is 66.2 Å². The lowest BCUT2D eigenvalue weighted by molar-refractivity contribution is 0.768. The van der Waals surface area contributed by atoms with Gasteiger partial charge in [-0.05, 0) is 77.9 Å². The lowest BCUT2D eigenvalue weighted by Crippen LogP contribution is -2.28. The maximum absolute atomic E-state index is 2.31. The number of rotatable bonds is 2. The van der Waals surface area contributed by atoms with Crippen molar-refractivity contribution in [3.8, 4) is 33.4 Å². The van der Waals surface area contributed by atoms with Crippen molar-refractivity contribution in [1.29, 1.82) is 0 Å². The van der Waals surface area contributed by atoms with Gasteiger partial charge in [-0.1, -0.05) is 262 Å². The fraction of sp³-hybridized carbons (Fsp3) is 0.172. The van der Waals surface area contributed by atoms with E-state index in [9.17, 15) is 0 Å². The zero-order chi connectivity index (χ0) is 41.1. The Morgan fingerprint density at radius 1 is 0.190 bits per heavy atom. The Labute approximate surface area is 348 Å². The van der Waals surface area contributed by atoms with Crippen LogP contribution in [0.5, 0.6) is 0 Å². The topological polar surface area (TPSA) is 0 Å². The molecule has 0 heteroatoms. The molecule has 290 valence electrons. The van der Waals surface area contributed by atoms with Gasteiger partial charge in [0.1, 0.15) is 0 Å². The molecule has 0 unspecified atom stereocenters. The van der Waals surface area contributed by atoms with Crippen LogP contribution < -0.4 is 0 Å². The van der Waals surface area contributed by atoms with E-state index in [1.807, 2.05) is 55.4 Å². The van der Waals surface area contributed by atoms with E-state index in [1.165, 1.54) is 77.9 Å². The normalized spacial score (nSPS) is 12.8. The summed E-state index contributed by atoms with van der Waals surface area (Å²) in [5, 5.41) is 0. The van der Waals surface area contributed by atoms with Gasteiger partial charge in [-0.25, -0.2) is 0 Å². The first-order chi connectivity index (χ1) is 28.8. The lowest BCUT2D eigenvalue weighted by atomic mass is 9.68. The molecule has 3 aliphatic rings. The van der Waals surface area contributed by atoms with Crippen LogP contribution in [0.2, 0.25) is 0 Å². The van der Waals surface area contributed by atoms with Crippen LogP contribution in [0.4, 0.5) is 0 Å². The van der Waals surface area contributed by atoms with Crippen LogP contribution in [0.3, 0.4) is 0 Å². The van der Waals surface area contributed by atoms with Crippen LogP contribution in [0.25, 0.3) is 33.4 Å². The molecule has 0 heterocycles. The smallest absolute Gasteiger partial charge is 0.0683 e. The fourth-order valence-electron chi connectivity index (χ4n) is 9.45. The first kappa shape index (κ1) is 41.4. The molecule has 0 nitrogen and oxygen atoms in total. The summed E-state index contributed by atoms with van der Waals surface area (Å²) >= 11 is 0. The second kappa shape index (κ2) is 18.8. The van der Waals surface area contributed by atoms with Gasteiger partial charge in [0, 0.05) is 0 Å². The highest BCUT2D eigenvalue weighted by molar-refractivity contribution is 5.95. The third-order valence-electron chi connectivity index (χ3n) is 11.3. The number of hydrogen-bond donors (Lipinski definition) is 0. The van der Waals surface area contributed by atoms with E-state index in [0.29, 0.717) is 0 Å². The summed E-state index contributed by atoms with van der Waals surface area (Å²) in [6.07, 6.45) is 0. The minimum absolute atomic E-state index is 0.180. The third-order valence-corrected chi connectivity index (χ3v) is 11.3. The van der Waals surface area contributed by atoms with E-state index in [-0.39, 0.29) is 10.8 Å². The fourth-order valence-corrected chi connectivity index (χ4v) is 9.45. The summed E-state index contributed by atoms with van der Waals surface area (Å²) in [4.78, 5) is 0. The molecule has 0 amide bonds. The molecule has 0 aromatic heterocycles. The minimum atomic E-state index is -0.254. The van der Waals surface area contributed by atoms with Gasteiger partial charge in [0.2, 0.25) is 0 Å². The average molecular weight is 755 g/mol. The quantitative estimate of drug-likeness (QED) is 0.165. The lowest BCUT2D eigenvalue weighted by Gasteiger charge is -2.33. The Balaban J connectivity index is 0.000000167. The first-order valence-electron chi connectivity index (χ1n) is 21.5. The summed E-state index contributed by atoms with van der Waals surface area (Å²) < 4.78 is 0. The summed E-state index contributed by atoms with van der Waals surface area (Å²) in [5.41, 5.74) is 18.7. The van der Waals surface area contributed by atoms with Crippen molar-refractivity contribution < 1.29 is 0 Å². The SMILES string of the molecule is CC.CC.CC.CC.c1ccc(C2(c3ccccc3)c3ccccc3-c3ccccc32)cc1.c1ccc2c(c1)-c1ccccc1C21c2ccccc2-c2ccccc21. The molecule has 3 aliphatic carbocycles. The van der Waals surface area contributed by atoms with Crippen molar-refractivity contribution >= 4 is 0 Å². The molecule has 11 rings (SSSR count).